The van der Waals surface area contributed by atoms with Crippen LogP contribution in [0.2, 0.25) is 0 Å². The number of nitrogens with one attached hydrogen (secondary N) is 3. The van der Waals surface area contributed by atoms with Crippen molar-refractivity contribution in [3.63, 3.8) is 0 Å². The van der Waals surface area contributed by atoms with E-state index in [-0.39, 0.29) is 23.2 Å². The maximum Gasteiger partial charge on any atom is 0.323 e. The van der Waals surface area contributed by atoms with Crippen molar-refractivity contribution in [2.45, 2.75) is 32.7 Å². The minimum Gasteiger partial charge on any atom is -0.337 e. The van der Waals surface area contributed by atoms with Crippen molar-refractivity contribution in [3.05, 3.63) is 34.2 Å². The highest BCUT2D eigenvalue weighted by molar-refractivity contribution is 5.97. The largest absolute Gasteiger partial charge is 0.337 e. The molecule has 1 aliphatic heterocycles. The number of fused-ring (bicyclic) bond motifs is 1. The van der Waals surface area contributed by atoms with Crippen LogP contribution >= 0.6 is 0 Å². The van der Waals surface area contributed by atoms with Crippen molar-refractivity contribution in [3.8, 4) is 0 Å². The highest BCUT2D eigenvalue weighted by Gasteiger charge is 2.25. The highest BCUT2D eigenvalue weighted by atomic mass is 16.2. The molecule has 3 rings (SSSR count). The summed E-state index contributed by atoms with van der Waals surface area (Å²) >= 11 is 0. The summed E-state index contributed by atoms with van der Waals surface area (Å²) in [5, 5.41) is 2.96. The van der Waals surface area contributed by atoms with Crippen molar-refractivity contribution >= 4 is 23.0 Å². The van der Waals surface area contributed by atoms with Gasteiger partial charge in [-0.1, -0.05) is 0 Å². The molecule has 8 nitrogen and oxygen atoms in total. The van der Waals surface area contributed by atoms with E-state index in [9.17, 15) is 14.4 Å². The molecule has 1 aromatic carbocycles. The van der Waals surface area contributed by atoms with E-state index < -0.39 is 0 Å². The molecule has 0 bridgehead atoms. The molecule has 8 heteroatoms. The number of nitrogens with zero attached hydrogens (tertiary/aromatic N) is 2. The smallest absolute Gasteiger partial charge is 0.323 e. The van der Waals surface area contributed by atoms with E-state index in [0.717, 1.165) is 6.42 Å². The molecular weight excluding hydrogens is 334 g/mol. The topological polar surface area (TPSA) is 101 Å². The van der Waals surface area contributed by atoms with E-state index >= 15 is 0 Å². The summed E-state index contributed by atoms with van der Waals surface area (Å²) in [6, 6.07) is 5.02. The lowest BCUT2D eigenvalue weighted by atomic mass is 10.1. The molecule has 0 saturated carbocycles. The number of hydrogen-bond donors (Lipinski definition) is 3. The van der Waals surface area contributed by atoms with Gasteiger partial charge in [0.25, 0.3) is 5.91 Å². The maximum absolute atomic E-state index is 12.8. The average molecular weight is 359 g/mol. The summed E-state index contributed by atoms with van der Waals surface area (Å²) in [6.07, 6.45) is 0.729. The van der Waals surface area contributed by atoms with Crippen LogP contribution in [0.25, 0.3) is 11.0 Å². The Morgan fingerprint density at radius 1 is 1.00 bits per heavy atom. The Labute approximate surface area is 151 Å². The number of urea groups is 1. The van der Waals surface area contributed by atoms with E-state index in [1.54, 1.807) is 28.0 Å². The van der Waals surface area contributed by atoms with Gasteiger partial charge in [0.2, 0.25) is 0 Å². The zero-order chi connectivity index (χ0) is 18.9. The molecule has 0 unspecified atom stereocenters. The lowest BCUT2D eigenvalue weighted by Gasteiger charge is -2.27. The quantitative estimate of drug-likeness (QED) is 0.719. The summed E-state index contributed by atoms with van der Waals surface area (Å²) in [5.41, 5.74) is 1.23. The molecule has 3 amide bonds. The normalized spacial score (nSPS) is 15.8. The van der Waals surface area contributed by atoms with Gasteiger partial charge in [-0.15, -0.1) is 0 Å². The first-order valence-electron chi connectivity index (χ1n) is 8.81. The predicted octanol–water partition coefficient (Wildman–Crippen LogP) is 1.51. The summed E-state index contributed by atoms with van der Waals surface area (Å²) in [6.45, 7) is 8.03. The van der Waals surface area contributed by atoms with E-state index in [2.05, 4.69) is 15.3 Å². The Balaban J connectivity index is 1.68. The summed E-state index contributed by atoms with van der Waals surface area (Å²) < 4.78 is 0. The van der Waals surface area contributed by atoms with E-state index in [1.807, 2.05) is 20.8 Å². The van der Waals surface area contributed by atoms with E-state index in [0.29, 0.717) is 42.8 Å². The van der Waals surface area contributed by atoms with Gasteiger partial charge in [0.15, 0.2) is 0 Å². The zero-order valence-electron chi connectivity index (χ0n) is 15.4. The van der Waals surface area contributed by atoms with E-state index in [1.165, 1.54) is 0 Å². The number of carbonyl (C=O) groups excluding carboxylic acids is 2. The molecule has 0 aliphatic carbocycles. The maximum atomic E-state index is 12.8. The standard InChI is InChI=1S/C18H25N5O3/c1-18(2,3)21-17(26)23-8-4-7-22(9-10-23)15(24)12-5-6-13-14(11-12)20-16(25)19-13/h5-6,11H,4,7-10H2,1-3H3,(H,21,26)(H2,19,20,25). The second kappa shape index (κ2) is 6.86. The second-order valence-corrected chi connectivity index (χ2v) is 7.65. The van der Waals surface area contributed by atoms with Gasteiger partial charge in [-0.2, -0.15) is 0 Å². The Hall–Kier alpha value is -2.77. The fourth-order valence-corrected chi connectivity index (χ4v) is 3.07. The number of aromatic nitrogens is 2. The minimum atomic E-state index is -0.292. The summed E-state index contributed by atoms with van der Waals surface area (Å²) in [4.78, 5) is 45.4. The molecular formula is C18H25N5O3. The molecule has 2 aromatic rings. The van der Waals surface area contributed by atoms with Crippen molar-refractivity contribution in [1.82, 2.24) is 25.1 Å². The first-order valence-corrected chi connectivity index (χ1v) is 8.81. The third-order valence-corrected chi connectivity index (χ3v) is 4.32. The Morgan fingerprint density at radius 3 is 2.38 bits per heavy atom. The Bertz CT molecular complexity index is 877. The summed E-state index contributed by atoms with van der Waals surface area (Å²) in [7, 11) is 0. The van der Waals surface area contributed by atoms with Crippen LogP contribution in [-0.4, -0.2) is 63.4 Å². The average Bonchev–Trinajstić information content (AvgIpc) is 2.76. The van der Waals surface area contributed by atoms with E-state index in [4.69, 9.17) is 0 Å². The summed E-state index contributed by atoms with van der Waals surface area (Å²) in [5.74, 6) is -0.0907. The number of benzene rings is 1. The molecule has 1 aromatic heterocycles. The Kier molecular flexibility index (Phi) is 4.76. The van der Waals surface area contributed by atoms with Gasteiger partial charge < -0.3 is 25.1 Å². The monoisotopic (exact) mass is 359 g/mol. The third-order valence-electron chi connectivity index (χ3n) is 4.32. The lowest BCUT2D eigenvalue weighted by Crippen LogP contribution is -2.49. The third kappa shape index (κ3) is 4.07. The molecule has 1 saturated heterocycles. The molecule has 2 heterocycles. The SMILES string of the molecule is CC(C)(C)NC(=O)N1CCCN(C(=O)c2ccc3[nH]c(=O)[nH]c3c2)CC1. The molecule has 26 heavy (non-hydrogen) atoms. The number of hydrogen-bond acceptors (Lipinski definition) is 3. The molecule has 1 aliphatic rings. The van der Waals surface area contributed by atoms with Gasteiger partial charge >= 0.3 is 11.7 Å². The molecule has 0 radical (unpaired) electrons. The first kappa shape index (κ1) is 18.0. The van der Waals surface area contributed by atoms with Crippen molar-refractivity contribution in [1.29, 1.82) is 0 Å². The molecule has 140 valence electrons. The van der Waals surface area contributed by atoms with Crippen LogP contribution in [0.15, 0.2) is 23.0 Å². The predicted molar refractivity (Wildman–Crippen MR) is 99.3 cm³/mol. The van der Waals surface area contributed by atoms with Crippen LogP contribution in [-0.2, 0) is 0 Å². The van der Waals surface area contributed by atoms with Gasteiger partial charge in [-0.3, -0.25) is 4.79 Å². The number of aromatic amines is 2. The number of imidazole rings is 1. The molecule has 0 atom stereocenters. The van der Waals surface area contributed by atoms with Crippen LogP contribution in [0.4, 0.5) is 4.79 Å². The van der Waals surface area contributed by atoms with Crippen LogP contribution in [0.5, 0.6) is 0 Å². The lowest BCUT2D eigenvalue weighted by molar-refractivity contribution is 0.0762. The number of rotatable bonds is 1. The molecule has 0 spiro atoms. The minimum absolute atomic E-state index is 0.0907. The molecule has 1 fully saturated rings. The van der Waals surface area contributed by atoms with Crippen molar-refractivity contribution in [2.75, 3.05) is 26.2 Å². The van der Waals surface area contributed by atoms with Crippen LogP contribution in [0.3, 0.4) is 0 Å². The highest BCUT2D eigenvalue weighted by Crippen LogP contribution is 2.14. The number of H-pyrrole nitrogens is 2. The Morgan fingerprint density at radius 2 is 1.65 bits per heavy atom. The fourth-order valence-electron chi connectivity index (χ4n) is 3.07. The van der Waals surface area contributed by atoms with Gasteiger partial charge in [0.05, 0.1) is 11.0 Å². The number of carbonyl (C=O) groups is 2. The van der Waals surface area contributed by atoms with Crippen LogP contribution < -0.4 is 11.0 Å². The first-order chi connectivity index (χ1) is 12.2. The van der Waals surface area contributed by atoms with Crippen molar-refractivity contribution in [2.24, 2.45) is 0 Å². The van der Waals surface area contributed by atoms with Gasteiger partial charge in [0.1, 0.15) is 0 Å². The second-order valence-electron chi connectivity index (χ2n) is 7.65. The molecule has 3 N–H and O–H groups in total. The van der Waals surface area contributed by atoms with Crippen molar-refractivity contribution < 1.29 is 9.59 Å². The van der Waals surface area contributed by atoms with Gasteiger partial charge in [-0.25, -0.2) is 9.59 Å². The van der Waals surface area contributed by atoms with Crippen LogP contribution in [0.1, 0.15) is 37.6 Å². The zero-order valence-corrected chi connectivity index (χ0v) is 15.4. The van der Waals surface area contributed by atoms with Gasteiger partial charge in [0, 0.05) is 37.3 Å². The van der Waals surface area contributed by atoms with Gasteiger partial charge in [-0.05, 0) is 45.4 Å². The fraction of sp³-hybridized carbons (Fsp3) is 0.500. The number of amides is 3. The van der Waals surface area contributed by atoms with Crippen LogP contribution in [0, 0.1) is 0 Å².